The lowest BCUT2D eigenvalue weighted by Crippen LogP contribution is -2.16. The number of hydrogen-bond acceptors (Lipinski definition) is 4. The van der Waals surface area contributed by atoms with Crippen molar-refractivity contribution in [2.24, 2.45) is 0 Å². The van der Waals surface area contributed by atoms with Gasteiger partial charge in [0.2, 0.25) is 0 Å². The molecule has 2 rings (SSSR count). The molecule has 170 valence electrons. The lowest BCUT2D eigenvalue weighted by atomic mass is 9.91. The maximum Gasteiger partial charge on any atom is 0.573 e. The molecule has 4 nitrogen and oxygen atoms in total. The van der Waals surface area contributed by atoms with Gasteiger partial charge < -0.3 is 19.7 Å². The molecule has 2 aromatic carbocycles. The predicted octanol–water partition coefficient (Wildman–Crippen LogP) is 6.35. The van der Waals surface area contributed by atoms with E-state index in [2.05, 4.69) is 18.6 Å². The van der Waals surface area contributed by atoms with Crippen LogP contribution in [0, 0.1) is 13.8 Å². The number of aliphatic hydroxyl groups excluding tert-OH is 2. The highest BCUT2D eigenvalue weighted by molar-refractivity contribution is 5.73. The molecule has 0 saturated carbocycles. The fraction of sp³-hybridized carbons (Fsp3) is 0.478. The average Bonchev–Trinajstić information content (AvgIpc) is 2.70. The monoisotopic (exact) mass is 430 g/mol. The number of rotatable bonds is 5. The van der Waals surface area contributed by atoms with Gasteiger partial charge in [-0.25, -0.2) is 0 Å². The Bertz CT molecular complexity index is 757. The van der Waals surface area contributed by atoms with Gasteiger partial charge in [0.05, 0.1) is 13.7 Å². The smallest absolute Gasteiger partial charge is 0.496 e. The molecule has 2 aromatic rings. The standard InChI is InChI=1S/C18H19F3O4.C3H8.C2H6/c1-10-8-14(11(2)17(24-3)16(10)15(23)9-22)12-4-6-13(7-5-12)25-18(19,20)21;1-3-2;1-2/h4-8,15,22-23H,9H2,1-3H3;3H2,1-2H3;1-2H3. The third kappa shape index (κ3) is 7.88. The molecule has 1 unspecified atom stereocenters. The molecule has 0 heterocycles. The van der Waals surface area contributed by atoms with Crippen LogP contribution in [0.25, 0.3) is 11.1 Å². The lowest BCUT2D eigenvalue weighted by Gasteiger charge is -2.21. The molecule has 0 radical (unpaired) electrons. The molecule has 1 atom stereocenters. The van der Waals surface area contributed by atoms with E-state index in [1.54, 1.807) is 19.9 Å². The van der Waals surface area contributed by atoms with Crippen LogP contribution >= 0.6 is 0 Å². The topological polar surface area (TPSA) is 58.9 Å². The first-order valence-corrected chi connectivity index (χ1v) is 9.92. The van der Waals surface area contributed by atoms with Gasteiger partial charge in [0.15, 0.2) is 0 Å². The predicted molar refractivity (Wildman–Crippen MR) is 114 cm³/mol. The van der Waals surface area contributed by atoms with Crippen molar-refractivity contribution in [1.29, 1.82) is 0 Å². The summed E-state index contributed by atoms with van der Waals surface area (Å²) in [7, 11) is 1.46. The minimum absolute atomic E-state index is 0.301. The molecule has 0 saturated heterocycles. The number of methoxy groups -OCH3 is 1. The van der Waals surface area contributed by atoms with Crippen molar-refractivity contribution in [1.82, 2.24) is 0 Å². The Morgan fingerprint density at radius 1 is 1.03 bits per heavy atom. The van der Waals surface area contributed by atoms with Crippen LogP contribution < -0.4 is 9.47 Å². The van der Waals surface area contributed by atoms with Gasteiger partial charge in [-0.1, -0.05) is 52.3 Å². The Kier molecular flexibility index (Phi) is 12.1. The zero-order chi connectivity index (χ0) is 23.5. The van der Waals surface area contributed by atoms with Gasteiger partial charge in [0, 0.05) is 5.56 Å². The number of ether oxygens (including phenoxy) is 2. The van der Waals surface area contributed by atoms with Gasteiger partial charge in [-0.2, -0.15) is 0 Å². The van der Waals surface area contributed by atoms with Crippen molar-refractivity contribution in [2.75, 3.05) is 13.7 Å². The first-order valence-electron chi connectivity index (χ1n) is 9.92. The molecule has 0 bridgehead atoms. The summed E-state index contributed by atoms with van der Waals surface area (Å²) in [6, 6.07) is 7.31. The average molecular weight is 431 g/mol. The molecule has 2 N–H and O–H groups in total. The summed E-state index contributed by atoms with van der Waals surface area (Å²) in [6.07, 6.45) is -4.57. The van der Waals surface area contributed by atoms with Gasteiger partial charge in [0.1, 0.15) is 17.6 Å². The zero-order valence-electron chi connectivity index (χ0n) is 18.7. The molecular weight excluding hydrogens is 397 g/mol. The molecule has 0 aliphatic rings. The fourth-order valence-electron chi connectivity index (χ4n) is 2.81. The van der Waals surface area contributed by atoms with Crippen molar-refractivity contribution in [3.8, 4) is 22.6 Å². The van der Waals surface area contributed by atoms with E-state index in [1.807, 2.05) is 13.8 Å². The SMILES string of the molecule is CC.CCC.COc1c(C)c(-c2ccc(OC(F)(F)F)cc2)cc(C)c1C(O)CO. The van der Waals surface area contributed by atoms with Crippen LogP contribution in [0.4, 0.5) is 13.2 Å². The van der Waals surface area contributed by atoms with E-state index >= 15 is 0 Å². The Hall–Kier alpha value is -2.25. The highest BCUT2D eigenvalue weighted by atomic mass is 19.4. The fourth-order valence-corrected chi connectivity index (χ4v) is 2.81. The quantitative estimate of drug-likeness (QED) is 0.581. The minimum atomic E-state index is -4.74. The Morgan fingerprint density at radius 3 is 1.93 bits per heavy atom. The molecular formula is C23H33F3O4. The summed E-state index contributed by atoms with van der Waals surface area (Å²) < 4.78 is 46.0. The Labute approximate surface area is 177 Å². The van der Waals surface area contributed by atoms with Crippen LogP contribution in [-0.4, -0.2) is 30.3 Å². The van der Waals surface area contributed by atoms with E-state index in [0.717, 1.165) is 5.56 Å². The number of aryl methyl sites for hydroxylation is 1. The number of benzene rings is 2. The molecule has 7 heteroatoms. The third-order valence-electron chi connectivity index (χ3n) is 3.88. The zero-order valence-corrected chi connectivity index (χ0v) is 18.7. The number of hydrogen-bond donors (Lipinski definition) is 2. The van der Waals surface area contributed by atoms with Gasteiger partial charge in [-0.05, 0) is 48.2 Å². The largest absolute Gasteiger partial charge is 0.573 e. The molecule has 0 aromatic heterocycles. The second-order valence-electron chi connectivity index (χ2n) is 6.29. The van der Waals surface area contributed by atoms with E-state index in [9.17, 15) is 23.4 Å². The maximum atomic E-state index is 12.3. The van der Waals surface area contributed by atoms with E-state index < -0.39 is 19.1 Å². The van der Waals surface area contributed by atoms with Crippen LogP contribution in [0.5, 0.6) is 11.5 Å². The van der Waals surface area contributed by atoms with Crippen LogP contribution in [0.2, 0.25) is 0 Å². The van der Waals surface area contributed by atoms with Gasteiger partial charge in [-0.15, -0.1) is 13.2 Å². The number of alkyl halides is 3. The van der Waals surface area contributed by atoms with Crippen LogP contribution in [0.3, 0.4) is 0 Å². The minimum Gasteiger partial charge on any atom is -0.496 e. The van der Waals surface area contributed by atoms with Crippen LogP contribution in [-0.2, 0) is 0 Å². The van der Waals surface area contributed by atoms with Crippen molar-refractivity contribution in [3.05, 3.63) is 47.0 Å². The summed E-state index contributed by atoms with van der Waals surface area (Å²) >= 11 is 0. The Balaban J connectivity index is 0.00000154. The van der Waals surface area contributed by atoms with Crippen LogP contribution in [0.15, 0.2) is 30.3 Å². The normalized spacial score (nSPS) is 11.5. The highest BCUT2D eigenvalue weighted by Crippen LogP contribution is 2.39. The summed E-state index contributed by atoms with van der Waals surface area (Å²) in [5.41, 5.74) is 3.33. The third-order valence-corrected chi connectivity index (χ3v) is 3.88. The molecule has 0 fully saturated rings. The number of halogens is 3. The first kappa shape index (κ1) is 27.8. The van der Waals surface area contributed by atoms with Gasteiger partial charge >= 0.3 is 6.36 Å². The number of aliphatic hydroxyl groups is 2. The van der Waals surface area contributed by atoms with E-state index in [-0.39, 0.29) is 5.75 Å². The molecule has 0 spiro atoms. The van der Waals surface area contributed by atoms with Crippen LogP contribution in [0.1, 0.15) is 56.9 Å². The van der Waals surface area contributed by atoms with Crippen molar-refractivity contribution in [2.45, 2.75) is 60.4 Å². The summed E-state index contributed by atoms with van der Waals surface area (Å²) in [4.78, 5) is 0. The summed E-state index contributed by atoms with van der Waals surface area (Å²) in [5, 5.41) is 19.2. The summed E-state index contributed by atoms with van der Waals surface area (Å²) in [5.74, 6) is 0.136. The molecule has 30 heavy (non-hydrogen) atoms. The van der Waals surface area contributed by atoms with Gasteiger partial charge in [0.25, 0.3) is 0 Å². The Morgan fingerprint density at radius 2 is 1.53 bits per heavy atom. The van der Waals surface area contributed by atoms with Crippen molar-refractivity contribution >= 4 is 0 Å². The van der Waals surface area contributed by atoms with Crippen molar-refractivity contribution < 1.29 is 32.9 Å². The highest BCUT2D eigenvalue weighted by Gasteiger charge is 2.31. The molecule has 0 amide bonds. The van der Waals surface area contributed by atoms with E-state index in [0.29, 0.717) is 28.0 Å². The maximum absolute atomic E-state index is 12.3. The van der Waals surface area contributed by atoms with E-state index in [1.165, 1.54) is 37.8 Å². The van der Waals surface area contributed by atoms with Crippen molar-refractivity contribution in [3.63, 3.8) is 0 Å². The summed E-state index contributed by atoms with van der Waals surface area (Å²) in [6.45, 7) is 11.3. The first-order chi connectivity index (χ1) is 14.1. The second-order valence-corrected chi connectivity index (χ2v) is 6.29. The second kappa shape index (κ2) is 13.1. The molecule has 0 aliphatic heterocycles. The van der Waals surface area contributed by atoms with Gasteiger partial charge in [-0.3, -0.25) is 0 Å². The van der Waals surface area contributed by atoms with E-state index in [4.69, 9.17) is 4.74 Å². The lowest BCUT2D eigenvalue weighted by molar-refractivity contribution is -0.274. The molecule has 0 aliphatic carbocycles.